The summed E-state index contributed by atoms with van der Waals surface area (Å²) in [5, 5.41) is 13.2. The molecule has 2 N–H and O–H groups in total. The average molecular weight is 308 g/mol. The van der Waals surface area contributed by atoms with Gasteiger partial charge in [0, 0.05) is 11.1 Å². The lowest BCUT2D eigenvalue weighted by atomic mass is 9.77. The fraction of sp³-hybridized carbons (Fsp3) is 0.471. The second kappa shape index (κ2) is 7.10. The molecule has 0 heterocycles. The summed E-state index contributed by atoms with van der Waals surface area (Å²) in [5.74, 6) is 0.485. The van der Waals surface area contributed by atoms with Crippen molar-refractivity contribution in [2.45, 2.75) is 38.1 Å². The summed E-state index contributed by atoms with van der Waals surface area (Å²) >= 11 is 6.05. The van der Waals surface area contributed by atoms with E-state index in [9.17, 15) is 9.90 Å². The van der Waals surface area contributed by atoms with E-state index in [4.69, 9.17) is 11.6 Å². The van der Waals surface area contributed by atoms with Crippen LogP contribution in [0.25, 0.3) is 6.08 Å². The van der Waals surface area contributed by atoms with Crippen LogP contribution in [0.4, 0.5) is 0 Å². The molecule has 1 aliphatic carbocycles. The number of amides is 1. The highest BCUT2D eigenvalue weighted by atomic mass is 35.5. The number of hydrogen-bond acceptors (Lipinski definition) is 2. The van der Waals surface area contributed by atoms with Gasteiger partial charge in [0.05, 0.1) is 12.1 Å². The van der Waals surface area contributed by atoms with E-state index in [-0.39, 0.29) is 12.5 Å². The summed E-state index contributed by atoms with van der Waals surface area (Å²) in [6.07, 6.45) is 6.92. The van der Waals surface area contributed by atoms with Gasteiger partial charge in [-0.05, 0) is 49.3 Å². The molecule has 0 bridgehead atoms. The maximum atomic E-state index is 12.1. The molecule has 4 heteroatoms. The summed E-state index contributed by atoms with van der Waals surface area (Å²) in [7, 11) is 0. The zero-order valence-electron chi connectivity index (χ0n) is 12.3. The summed E-state index contributed by atoms with van der Waals surface area (Å²) in [6, 6.07) is 7.37. The molecule has 114 valence electrons. The van der Waals surface area contributed by atoms with Gasteiger partial charge in [0.25, 0.3) is 0 Å². The molecule has 0 saturated heterocycles. The number of aliphatic hydroxyl groups excluding tert-OH is 1. The van der Waals surface area contributed by atoms with Crippen molar-refractivity contribution in [3.63, 3.8) is 0 Å². The molecule has 0 spiro atoms. The van der Waals surface area contributed by atoms with Crippen LogP contribution in [0.1, 0.15) is 38.2 Å². The van der Waals surface area contributed by atoms with E-state index in [1.54, 1.807) is 12.1 Å². The van der Waals surface area contributed by atoms with Gasteiger partial charge in [0.2, 0.25) is 5.91 Å². The summed E-state index contributed by atoms with van der Waals surface area (Å²) in [4.78, 5) is 12.1. The van der Waals surface area contributed by atoms with Crippen LogP contribution < -0.4 is 5.32 Å². The van der Waals surface area contributed by atoms with Crippen LogP contribution in [0.3, 0.4) is 0 Å². The number of halogens is 1. The van der Waals surface area contributed by atoms with E-state index < -0.39 is 5.54 Å². The third kappa shape index (κ3) is 4.32. The fourth-order valence-electron chi connectivity index (χ4n) is 2.72. The molecule has 0 aromatic heterocycles. The van der Waals surface area contributed by atoms with Gasteiger partial charge in [-0.2, -0.15) is 0 Å². The highest BCUT2D eigenvalue weighted by Crippen LogP contribution is 2.31. The van der Waals surface area contributed by atoms with Gasteiger partial charge < -0.3 is 10.4 Å². The van der Waals surface area contributed by atoms with Crippen molar-refractivity contribution in [1.82, 2.24) is 5.32 Å². The summed E-state index contributed by atoms with van der Waals surface area (Å²) < 4.78 is 0. The van der Waals surface area contributed by atoms with Gasteiger partial charge in [-0.15, -0.1) is 0 Å². The Kier molecular flexibility index (Phi) is 5.43. The first-order valence-electron chi connectivity index (χ1n) is 7.40. The second-order valence-corrected chi connectivity index (χ2v) is 6.37. The molecule has 1 saturated carbocycles. The standard InChI is InChI=1S/C17H22ClNO2/c1-13-8-10-17(12-20,11-9-13)19-16(21)7-6-14-4-2-3-5-15(14)18/h2-7,13,20H,8-12H2,1H3,(H,19,21). The zero-order chi connectivity index (χ0) is 15.3. The topological polar surface area (TPSA) is 49.3 Å². The first kappa shape index (κ1) is 16.1. The van der Waals surface area contributed by atoms with Gasteiger partial charge in [-0.3, -0.25) is 4.79 Å². The van der Waals surface area contributed by atoms with Crippen LogP contribution >= 0.6 is 11.6 Å². The van der Waals surface area contributed by atoms with Gasteiger partial charge in [-0.25, -0.2) is 0 Å². The minimum Gasteiger partial charge on any atom is -0.394 e. The molecular formula is C17H22ClNO2. The Bertz CT molecular complexity index is 519. The lowest BCUT2D eigenvalue weighted by Gasteiger charge is -2.38. The first-order chi connectivity index (χ1) is 10.0. The Balaban J connectivity index is 1.99. The Labute approximate surface area is 131 Å². The molecule has 1 fully saturated rings. The number of carbonyl (C=O) groups excluding carboxylic acids is 1. The molecule has 0 unspecified atom stereocenters. The Morgan fingerprint density at radius 2 is 2.10 bits per heavy atom. The normalized spacial score (nSPS) is 26.0. The monoisotopic (exact) mass is 307 g/mol. The molecule has 0 aliphatic heterocycles. The fourth-order valence-corrected chi connectivity index (χ4v) is 2.91. The van der Waals surface area contributed by atoms with Crippen molar-refractivity contribution >= 4 is 23.6 Å². The Morgan fingerprint density at radius 1 is 1.43 bits per heavy atom. The van der Waals surface area contributed by atoms with Crippen molar-refractivity contribution in [1.29, 1.82) is 0 Å². The van der Waals surface area contributed by atoms with E-state index in [1.807, 2.05) is 18.2 Å². The maximum absolute atomic E-state index is 12.1. The largest absolute Gasteiger partial charge is 0.394 e. The predicted octanol–water partition coefficient (Wildman–Crippen LogP) is 3.41. The van der Waals surface area contributed by atoms with Crippen LogP contribution in [0.2, 0.25) is 5.02 Å². The molecule has 1 amide bonds. The van der Waals surface area contributed by atoms with Crippen LogP contribution in [-0.4, -0.2) is 23.2 Å². The predicted molar refractivity (Wildman–Crippen MR) is 86.1 cm³/mol. The number of rotatable bonds is 4. The van der Waals surface area contributed by atoms with Crippen molar-refractivity contribution in [3.05, 3.63) is 40.9 Å². The van der Waals surface area contributed by atoms with Crippen LogP contribution in [0.5, 0.6) is 0 Å². The van der Waals surface area contributed by atoms with E-state index >= 15 is 0 Å². The zero-order valence-corrected chi connectivity index (χ0v) is 13.1. The van der Waals surface area contributed by atoms with E-state index in [2.05, 4.69) is 12.2 Å². The number of nitrogens with one attached hydrogen (secondary N) is 1. The molecule has 3 nitrogen and oxygen atoms in total. The SMILES string of the molecule is CC1CCC(CO)(NC(=O)C=Cc2ccccc2Cl)CC1. The number of aliphatic hydroxyl groups is 1. The highest BCUT2D eigenvalue weighted by Gasteiger charge is 2.34. The third-order valence-corrected chi connectivity index (χ3v) is 4.59. The van der Waals surface area contributed by atoms with E-state index in [0.29, 0.717) is 10.9 Å². The lowest BCUT2D eigenvalue weighted by molar-refractivity contribution is -0.119. The molecule has 0 radical (unpaired) electrons. The van der Waals surface area contributed by atoms with Crippen molar-refractivity contribution in [2.24, 2.45) is 5.92 Å². The first-order valence-corrected chi connectivity index (χ1v) is 7.78. The van der Waals surface area contributed by atoms with Crippen molar-refractivity contribution in [3.8, 4) is 0 Å². The minimum atomic E-state index is -0.464. The van der Waals surface area contributed by atoms with Gasteiger partial charge in [0.1, 0.15) is 0 Å². The van der Waals surface area contributed by atoms with Crippen molar-refractivity contribution in [2.75, 3.05) is 6.61 Å². The van der Waals surface area contributed by atoms with Gasteiger partial charge >= 0.3 is 0 Å². The molecule has 1 aromatic carbocycles. The quantitative estimate of drug-likeness (QED) is 0.838. The molecule has 2 rings (SSSR count). The van der Waals surface area contributed by atoms with E-state index in [0.717, 1.165) is 31.2 Å². The van der Waals surface area contributed by atoms with E-state index in [1.165, 1.54) is 6.08 Å². The van der Waals surface area contributed by atoms with Crippen LogP contribution in [-0.2, 0) is 4.79 Å². The maximum Gasteiger partial charge on any atom is 0.244 e. The molecule has 0 atom stereocenters. The third-order valence-electron chi connectivity index (χ3n) is 4.24. The van der Waals surface area contributed by atoms with Crippen LogP contribution in [0, 0.1) is 5.92 Å². The number of carbonyl (C=O) groups is 1. The molecule has 1 aromatic rings. The van der Waals surface area contributed by atoms with Crippen LogP contribution in [0.15, 0.2) is 30.3 Å². The summed E-state index contributed by atoms with van der Waals surface area (Å²) in [5.41, 5.74) is 0.346. The van der Waals surface area contributed by atoms with Gasteiger partial charge in [0.15, 0.2) is 0 Å². The Morgan fingerprint density at radius 3 is 2.71 bits per heavy atom. The Hall–Kier alpha value is -1.32. The van der Waals surface area contributed by atoms with Crippen molar-refractivity contribution < 1.29 is 9.90 Å². The minimum absolute atomic E-state index is 0.00854. The van der Waals surface area contributed by atoms with Gasteiger partial charge in [-0.1, -0.05) is 36.7 Å². The number of benzene rings is 1. The highest BCUT2D eigenvalue weighted by molar-refractivity contribution is 6.32. The molecule has 1 aliphatic rings. The number of hydrogen-bond donors (Lipinski definition) is 2. The smallest absolute Gasteiger partial charge is 0.244 e. The summed E-state index contributed by atoms with van der Waals surface area (Å²) in [6.45, 7) is 2.20. The lowest BCUT2D eigenvalue weighted by Crippen LogP contribution is -2.52. The molecular weight excluding hydrogens is 286 g/mol. The average Bonchev–Trinajstić information content (AvgIpc) is 2.49. The second-order valence-electron chi connectivity index (χ2n) is 5.97. The molecule has 21 heavy (non-hydrogen) atoms.